The van der Waals surface area contributed by atoms with E-state index in [0.29, 0.717) is 0 Å². The largest absolute Gasteiger partial charge is 0.350 e. The summed E-state index contributed by atoms with van der Waals surface area (Å²) in [7, 11) is 1.93. The smallest absolute Gasteiger partial charge is 0.125 e. The van der Waals surface area contributed by atoms with Gasteiger partial charge in [-0.3, -0.25) is 0 Å². The van der Waals surface area contributed by atoms with Gasteiger partial charge in [0.1, 0.15) is 5.82 Å². The molecule has 0 radical (unpaired) electrons. The fourth-order valence-corrected chi connectivity index (χ4v) is 1.56. The number of aryl methyl sites for hydroxylation is 2. The molecule has 1 aromatic carbocycles. The summed E-state index contributed by atoms with van der Waals surface area (Å²) in [6, 6.07) is 4.87. The minimum atomic E-state index is -0.177. The second-order valence-electron chi connectivity index (χ2n) is 3.08. The lowest BCUT2D eigenvalue weighted by Gasteiger charge is -1.94. The average molecular weight is 163 g/mol. The Bertz CT molecular complexity index is 429. The highest BCUT2D eigenvalue weighted by Crippen LogP contribution is 2.20. The topological polar surface area (TPSA) is 4.93 Å². The highest BCUT2D eigenvalue weighted by atomic mass is 19.1. The molecule has 2 rings (SSSR count). The predicted molar refractivity (Wildman–Crippen MR) is 47.6 cm³/mol. The van der Waals surface area contributed by atoms with Crippen molar-refractivity contribution in [1.82, 2.24) is 4.57 Å². The molecule has 0 aliphatic rings. The van der Waals surface area contributed by atoms with Gasteiger partial charge in [-0.2, -0.15) is 0 Å². The van der Waals surface area contributed by atoms with Crippen LogP contribution in [0.5, 0.6) is 0 Å². The lowest BCUT2D eigenvalue weighted by Crippen LogP contribution is -1.83. The van der Waals surface area contributed by atoms with Gasteiger partial charge in [0.15, 0.2) is 0 Å². The number of nitrogens with zero attached hydrogens (tertiary/aromatic N) is 1. The number of hydrogen-bond donors (Lipinski definition) is 0. The first-order valence-electron chi connectivity index (χ1n) is 3.89. The third kappa shape index (κ3) is 0.916. The zero-order valence-corrected chi connectivity index (χ0v) is 7.13. The van der Waals surface area contributed by atoms with Crippen LogP contribution >= 0.6 is 0 Å². The molecule has 0 aliphatic heterocycles. The Labute approximate surface area is 70.4 Å². The van der Waals surface area contributed by atoms with E-state index in [0.717, 1.165) is 10.9 Å². The van der Waals surface area contributed by atoms with E-state index in [2.05, 4.69) is 0 Å². The molecule has 62 valence electrons. The van der Waals surface area contributed by atoms with E-state index in [9.17, 15) is 4.39 Å². The molecule has 0 spiro atoms. The fraction of sp³-hybridized carbons (Fsp3) is 0.200. The molecule has 0 bridgehead atoms. The van der Waals surface area contributed by atoms with Gasteiger partial charge in [-0.25, -0.2) is 4.39 Å². The minimum Gasteiger partial charge on any atom is -0.350 e. The van der Waals surface area contributed by atoms with E-state index < -0.39 is 0 Å². The number of fused-ring (bicyclic) bond motifs is 1. The molecule has 0 atom stereocenters. The van der Waals surface area contributed by atoms with Crippen LogP contribution in [0.3, 0.4) is 0 Å². The van der Waals surface area contributed by atoms with Gasteiger partial charge in [0.2, 0.25) is 0 Å². The Morgan fingerprint density at radius 3 is 2.83 bits per heavy atom. The van der Waals surface area contributed by atoms with Crippen molar-refractivity contribution in [1.29, 1.82) is 0 Å². The van der Waals surface area contributed by atoms with Gasteiger partial charge in [0, 0.05) is 18.6 Å². The van der Waals surface area contributed by atoms with E-state index in [1.54, 1.807) is 6.07 Å². The van der Waals surface area contributed by atoms with Crippen LogP contribution in [-0.4, -0.2) is 4.57 Å². The van der Waals surface area contributed by atoms with Crippen LogP contribution in [0.15, 0.2) is 24.4 Å². The summed E-state index contributed by atoms with van der Waals surface area (Å²) >= 11 is 0. The van der Waals surface area contributed by atoms with Gasteiger partial charge in [0.25, 0.3) is 0 Å². The summed E-state index contributed by atoms with van der Waals surface area (Å²) < 4.78 is 14.8. The molecule has 12 heavy (non-hydrogen) atoms. The summed E-state index contributed by atoms with van der Waals surface area (Å²) in [6.07, 6.45) is 2.00. The van der Waals surface area contributed by atoms with Crippen molar-refractivity contribution in [3.8, 4) is 0 Å². The SMILES string of the molecule is Cc1cn(C)c2cc(F)ccc12. The Morgan fingerprint density at radius 2 is 2.08 bits per heavy atom. The van der Waals surface area contributed by atoms with Crippen LogP contribution in [0.1, 0.15) is 5.56 Å². The summed E-state index contributed by atoms with van der Waals surface area (Å²) in [6.45, 7) is 2.03. The molecule has 0 N–H and O–H groups in total. The first-order valence-corrected chi connectivity index (χ1v) is 3.89. The monoisotopic (exact) mass is 163 g/mol. The number of halogens is 1. The van der Waals surface area contributed by atoms with Crippen molar-refractivity contribution >= 4 is 10.9 Å². The predicted octanol–water partition coefficient (Wildman–Crippen LogP) is 2.63. The summed E-state index contributed by atoms with van der Waals surface area (Å²) in [5.41, 5.74) is 2.14. The van der Waals surface area contributed by atoms with Crippen molar-refractivity contribution < 1.29 is 4.39 Å². The zero-order valence-electron chi connectivity index (χ0n) is 7.13. The first-order chi connectivity index (χ1) is 5.68. The first kappa shape index (κ1) is 7.35. The number of hydrogen-bond acceptors (Lipinski definition) is 0. The number of benzene rings is 1. The Morgan fingerprint density at radius 1 is 1.33 bits per heavy atom. The molecule has 0 fully saturated rings. The minimum absolute atomic E-state index is 0.177. The molecule has 0 amide bonds. The van der Waals surface area contributed by atoms with Crippen LogP contribution < -0.4 is 0 Å². The van der Waals surface area contributed by atoms with Crippen LogP contribution in [0, 0.1) is 12.7 Å². The molecule has 0 unspecified atom stereocenters. The van der Waals surface area contributed by atoms with E-state index in [1.165, 1.54) is 11.6 Å². The van der Waals surface area contributed by atoms with Crippen molar-refractivity contribution in [2.24, 2.45) is 7.05 Å². The zero-order chi connectivity index (χ0) is 8.72. The second kappa shape index (κ2) is 2.34. The Hall–Kier alpha value is -1.31. The van der Waals surface area contributed by atoms with Crippen LogP contribution in [0.2, 0.25) is 0 Å². The Kier molecular flexibility index (Phi) is 1.43. The van der Waals surface area contributed by atoms with Gasteiger partial charge < -0.3 is 4.57 Å². The van der Waals surface area contributed by atoms with E-state index in [1.807, 2.05) is 30.8 Å². The third-order valence-corrected chi connectivity index (χ3v) is 2.15. The van der Waals surface area contributed by atoms with Crippen molar-refractivity contribution in [2.75, 3.05) is 0 Å². The van der Waals surface area contributed by atoms with Gasteiger partial charge in [-0.1, -0.05) is 0 Å². The molecule has 2 aromatic rings. The summed E-state index contributed by atoms with van der Waals surface area (Å²) in [4.78, 5) is 0. The Balaban J connectivity index is 2.90. The lowest BCUT2D eigenvalue weighted by atomic mass is 10.2. The van der Waals surface area contributed by atoms with Crippen molar-refractivity contribution in [3.63, 3.8) is 0 Å². The average Bonchev–Trinajstić information content (AvgIpc) is 2.28. The van der Waals surface area contributed by atoms with Crippen molar-refractivity contribution in [3.05, 3.63) is 35.8 Å². The van der Waals surface area contributed by atoms with Crippen LogP contribution in [-0.2, 0) is 7.05 Å². The van der Waals surface area contributed by atoms with Crippen molar-refractivity contribution in [2.45, 2.75) is 6.92 Å². The van der Waals surface area contributed by atoms with E-state index in [-0.39, 0.29) is 5.82 Å². The molecule has 0 saturated carbocycles. The van der Waals surface area contributed by atoms with Gasteiger partial charge >= 0.3 is 0 Å². The molecule has 0 aliphatic carbocycles. The highest BCUT2D eigenvalue weighted by molar-refractivity contribution is 5.83. The standard InChI is InChI=1S/C10H10FN/c1-7-6-12(2)10-5-8(11)3-4-9(7)10/h3-6H,1-2H3. The molecule has 1 aromatic heterocycles. The summed E-state index contributed by atoms with van der Waals surface area (Å²) in [5, 5.41) is 1.12. The molecular formula is C10H10FN. The van der Waals surface area contributed by atoms with Gasteiger partial charge in [-0.05, 0) is 30.7 Å². The maximum atomic E-state index is 12.8. The normalized spacial score (nSPS) is 10.9. The maximum absolute atomic E-state index is 12.8. The molecular weight excluding hydrogens is 153 g/mol. The van der Waals surface area contributed by atoms with E-state index >= 15 is 0 Å². The quantitative estimate of drug-likeness (QED) is 0.562. The third-order valence-electron chi connectivity index (χ3n) is 2.15. The second-order valence-corrected chi connectivity index (χ2v) is 3.08. The molecule has 2 heteroatoms. The highest BCUT2D eigenvalue weighted by Gasteiger charge is 2.02. The van der Waals surface area contributed by atoms with Crippen LogP contribution in [0.4, 0.5) is 4.39 Å². The molecule has 1 heterocycles. The van der Waals surface area contributed by atoms with Gasteiger partial charge in [-0.15, -0.1) is 0 Å². The van der Waals surface area contributed by atoms with Gasteiger partial charge in [0.05, 0.1) is 5.52 Å². The van der Waals surface area contributed by atoms with E-state index in [4.69, 9.17) is 0 Å². The number of aromatic nitrogens is 1. The summed E-state index contributed by atoms with van der Waals surface area (Å²) in [5.74, 6) is -0.177. The van der Waals surface area contributed by atoms with Crippen LogP contribution in [0.25, 0.3) is 10.9 Å². The number of rotatable bonds is 0. The fourth-order valence-electron chi connectivity index (χ4n) is 1.56. The lowest BCUT2D eigenvalue weighted by molar-refractivity contribution is 0.629. The molecule has 0 saturated heterocycles. The maximum Gasteiger partial charge on any atom is 0.125 e. The molecule has 1 nitrogen and oxygen atoms in total.